The van der Waals surface area contributed by atoms with E-state index < -0.39 is 24.5 Å². The van der Waals surface area contributed by atoms with Gasteiger partial charge in [-0.1, -0.05) is 12.1 Å². The lowest BCUT2D eigenvalue weighted by Gasteiger charge is -2.06. The summed E-state index contributed by atoms with van der Waals surface area (Å²) in [7, 11) is 1.48. The van der Waals surface area contributed by atoms with Gasteiger partial charge in [-0.05, 0) is 29.8 Å². The van der Waals surface area contributed by atoms with Crippen LogP contribution in [0.1, 0.15) is 9.67 Å². The first-order valence-electron chi connectivity index (χ1n) is 7.59. The summed E-state index contributed by atoms with van der Waals surface area (Å²) in [5.74, 6) is -1.77. The maximum absolute atomic E-state index is 12.9. The number of benzene rings is 1. The van der Waals surface area contributed by atoms with Crippen molar-refractivity contribution >= 4 is 29.2 Å². The lowest BCUT2D eigenvalue weighted by Crippen LogP contribution is -2.42. The highest BCUT2D eigenvalue weighted by Gasteiger charge is 2.15. The number of carbonyl (C=O) groups is 3. The Bertz CT molecular complexity index is 776. The highest BCUT2D eigenvalue weighted by atomic mass is 32.1. The first-order chi connectivity index (χ1) is 12.5. The minimum absolute atomic E-state index is 0.247. The van der Waals surface area contributed by atoms with E-state index in [0.29, 0.717) is 11.5 Å². The van der Waals surface area contributed by atoms with Crippen LogP contribution in [-0.4, -0.2) is 44.8 Å². The minimum atomic E-state index is -0.747. The van der Waals surface area contributed by atoms with Gasteiger partial charge in [-0.2, -0.15) is 0 Å². The maximum Gasteiger partial charge on any atom is 0.348 e. The van der Waals surface area contributed by atoms with Gasteiger partial charge in [0.05, 0.1) is 6.61 Å². The summed E-state index contributed by atoms with van der Waals surface area (Å²) in [6.45, 7) is -0.0254. The second-order valence-corrected chi connectivity index (χ2v) is 6.13. The van der Waals surface area contributed by atoms with E-state index in [1.165, 1.54) is 19.2 Å². The number of esters is 1. The number of halogens is 1. The summed E-state index contributed by atoms with van der Waals surface area (Å²) in [4.78, 5) is 36.0. The number of hydrogen-bond acceptors (Lipinski definition) is 6. The zero-order valence-electron chi connectivity index (χ0n) is 13.9. The molecule has 3 amide bonds. The average Bonchev–Trinajstić information content (AvgIpc) is 3.10. The summed E-state index contributed by atoms with van der Waals surface area (Å²) in [6.07, 6.45) is 0. The van der Waals surface area contributed by atoms with Crippen molar-refractivity contribution in [1.29, 1.82) is 0 Å². The molecule has 2 rings (SSSR count). The van der Waals surface area contributed by atoms with Gasteiger partial charge in [0, 0.05) is 18.5 Å². The number of imide groups is 1. The number of rotatable bonds is 7. The molecule has 0 aliphatic heterocycles. The molecule has 2 N–H and O–H groups in total. The van der Waals surface area contributed by atoms with Crippen LogP contribution >= 0.6 is 11.3 Å². The van der Waals surface area contributed by atoms with Crippen molar-refractivity contribution in [2.45, 2.75) is 0 Å². The van der Waals surface area contributed by atoms with E-state index in [1.807, 2.05) is 5.32 Å². The fourth-order valence-electron chi connectivity index (χ4n) is 1.89. The van der Waals surface area contributed by atoms with E-state index in [2.05, 4.69) is 5.32 Å². The Morgan fingerprint density at radius 2 is 1.85 bits per heavy atom. The summed E-state index contributed by atoms with van der Waals surface area (Å²) < 4.78 is 22.6. The number of carbonyl (C=O) groups excluding carboxylic acids is 3. The molecule has 138 valence electrons. The number of urea groups is 1. The van der Waals surface area contributed by atoms with E-state index in [0.717, 1.165) is 21.8 Å². The number of amides is 3. The number of thiophene rings is 1. The smallest absolute Gasteiger partial charge is 0.348 e. The van der Waals surface area contributed by atoms with Gasteiger partial charge in [0.15, 0.2) is 6.61 Å². The fraction of sp³-hybridized carbons (Fsp3) is 0.235. The zero-order valence-corrected chi connectivity index (χ0v) is 14.7. The summed E-state index contributed by atoms with van der Waals surface area (Å²) in [6, 6.07) is 8.43. The average molecular weight is 380 g/mol. The van der Waals surface area contributed by atoms with Gasteiger partial charge in [-0.25, -0.2) is 14.0 Å². The summed E-state index contributed by atoms with van der Waals surface area (Å²) >= 11 is 1.16. The van der Waals surface area contributed by atoms with E-state index in [9.17, 15) is 18.8 Å². The number of hydrogen-bond donors (Lipinski definition) is 2. The van der Waals surface area contributed by atoms with E-state index >= 15 is 0 Å². The Morgan fingerprint density at radius 1 is 1.12 bits per heavy atom. The molecule has 0 radical (unpaired) electrons. The SMILES string of the molecule is COCCNC(=O)NC(=O)COC(=O)c1ccc(-c2ccc(F)cc2)s1. The molecule has 26 heavy (non-hydrogen) atoms. The normalized spacial score (nSPS) is 10.2. The second kappa shape index (κ2) is 9.64. The number of methoxy groups -OCH3 is 1. The largest absolute Gasteiger partial charge is 0.451 e. The van der Waals surface area contributed by atoms with Crippen LogP contribution in [0.2, 0.25) is 0 Å². The van der Waals surface area contributed by atoms with Crippen LogP contribution in [-0.2, 0) is 14.3 Å². The number of ether oxygens (including phenoxy) is 2. The molecule has 0 spiro atoms. The molecule has 0 atom stereocenters. The van der Waals surface area contributed by atoms with Gasteiger partial charge >= 0.3 is 12.0 Å². The molecular formula is C17H17FN2O5S. The van der Waals surface area contributed by atoms with Crippen LogP contribution in [0.25, 0.3) is 10.4 Å². The third-order valence-electron chi connectivity index (χ3n) is 3.11. The topological polar surface area (TPSA) is 93.7 Å². The predicted octanol–water partition coefficient (Wildman–Crippen LogP) is 2.18. The summed E-state index contributed by atoms with van der Waals surface area (Å²) in [5, 5.41) is 4.43. The minimum Gasteiger partial charge on any atom is -0.451 e. The molecule has 9 heteroatoms. The highest BCUT2D eigenvalue weighted by molar-refractivity contribution is 7.17. The third-order valence-corrected chi connectivity index (χ3v) is 4.23. The van der Waals surface area contributed by atoms with Crippen molar-refractivity contribution in [2.24, 2.45) is 0 Å². The van der Waals surface area contributed by atoms with Gasteiger partial charge in [0.25, 0.3) is 5.91 Å². The van der Waals surface area contributed by atoms with Gasteiger partial charge < -0.3 is 14.8 Å². The van der Waals surface area contributed by atoms with Crippen molar-refractivity contribution in [3.8, 4) is 10.4 Å². The van der Waals surface area contributed by atoms with Crippen molar-refractivity contribution in [1.82, 2.24) is 10.6 Å². The molecule has 0 aliphatic rings. The Hall–Kier alpha value is -2.78. The van der Waals surface area contributed by atoms with Crippen LogP contribution in [0.3, 0.4) is 0 Å². The zero-order chi connectivity index (χ0) is 18.9. The van der Waals surface area contributed by atoms with Crippen LogP contribution in [0.4, 0.5) is 9.18 Å². The fourth-order valence-corrected chi connectivity index (χ4v) is 2.80. The molecule has 0 saturated carbocycles. The molecule has 0 unspecified atom stereocenters. The van der Waals surface area contributed by atoms with Crippen LogP contribution < -0.4 is 10.6 Å². The first kappa shape index (κ1) is 19.5. The van der Waals surface area contributed by atoms with Gasteiger partial charge in [-0.15, -0.1) is 11.3 Å². The van der Waals surface area contributed by atoms with Crippen LogP contribution in [0.5, 0.6) is 0 Å². The van der Waals surface area contributed by atoms with E-state index in [-0.39, 0.29) is 12.4 Å². The van der Waals surface area contributed by atoms with Crippen LogP contribution in [0, 0.1) is 5.82 Å². The quantitative estimate of drug-likeness (QED) is 0.567. The Balaban J connectivity index is 1.82. The molecule has 0 fully saturated rings. The van der Waals surface area contributed by atoms with Gasteiger partial charge in [0.2, 0.25) is 0 Å². The van der Waals surface area contributed by atoms with Gasteiger partial charge in [0.1, 0.15) is 10.7 Å². The predicted molar refractivity (Wildman–Crippen MR) is 93.4 cm³/mol. The second-order valence-electron chi connectivity index (χ2n) is 5.04. The highest BCUT2D eigenvalue weighted by Crippen LogP contribution is 2.28. The monoisotopic (exact) mass is 380 g/mol. The Morgan fingerprint density at radius 3 is 2.54 bits per heavy atom. The molecule has 0 saturated heterocycles. The molecule has 0 bridgehead atoms. The first-order valence-corrected chi connectivity index (χ1v) is 8.40. The lowest BCUT2D eigenvalue weighted by atomic mass is 10.2. The molecule has 0 aliphatic carbocycles. The standard InChI is InChI=1S/C17H17FN2O5S/c1-24-9-8-19-17(23)20-15(21)10-25-16(22)14-7-6-13(26-14)11-2-4-12(18)5-3-11/h2-7H,8-10H2,1H3,(H2,19,20,21,23). The van der Waals surface area contributed by atoms with Crippen molar-refractivity contribution < 1.29 is 28.2 Å². The molecule has 7 nitrogen and oxygen atoms in total. The maximum atomic E-state index is 12.9. The molecule has 1 aromatic heterocycles. The Kier molecular flexibility index (Phi) is 7.24. The van der Waals surface area contributed by atoms with Crippen molar-refractivity contribution in [2.75, 3.05) is 26.9 Å². The summed E-state index contributed by atoms with van der Waals surface area (Å²) in [5.41, 5.74) is 0.765. The van der Waals surface area contributed by atoms with E-state index in [4.69, 9.17) is 9.47 Å². The van der Waals surface area contributed by atoms with Gasteiger partial charge in [-0.3, -0.25) is 10.1 Å². The van der Waals surface area contributed by atoms with Crippen molar-refractivity contribution in [3.63, 3.8) is 0 Å². The Labute approximate surface area is 153 Å². The third kappa shape index (κ3) is 5.94. The molecule has 2 aromatic rings. The van der Waals surface area contributed by atoms with Crippen molar-refractivity contribution in [3.05, 3.63) is 47.1 Å². The van der Waals surface area contributed by atoms with E-state index in [1.54, 1.807) is 24.3 Å². The number of nitrogens with one attached hydrogen (secondary N) is 2. The molecule has 1 aromatic carbocycles. The van der Waals surface area contributed by atoms with Crippen LogP contribution in [0.15, 0.2) is 36.4 Å². The lowest BCUT2D eigenvalue weighted by molar-refractivity contribution is -0.123. The molecular weight excluding hydrogens is 363 g/mol. The molecule has 1 heterocycles.